The Kier molecular flexibility index (Phi) is 23.2. The second-order valence-corrected chi connectivity index (χ2v) is 24.6. The molecule has 4 radical (unpaired) electrons. The molecule has 0 aromatic carbocycles. The van der Waals surface area contributed by atoms with E-state index in [9.17, 15) is 0 Å². The van der Waals surface area contributed by atoms with Crippen molar-refractivity contribution in [2.75, 3.05) is 0 Å². The van der Waals surface area contributed by atoms with Crippen LogP contribution in [0.5, 0.6) is 0 Å². The van der Waals surface area contributed by atoms with Crippen LogP contribution in [0.3, 0.4) is 0 Å². The molecule has 0 aliphatic rings. The van der Waals surface area contributed by atoms with Crippen molar-refractivity contribution in [3.05, 3.63) is 0 Å². The van der Waals surface area contributed by atoms with Crippen LogP contribution in [0.15, 0.2) is 0 Å². The van der Waals surface area contributed by atoms with Gasteiger partial charge in [-0.2, -0.15) is 0 Å². The average molecular weight is 648 g/mol. The Morgan fingerprint density at radius 1 is 0.419 bits per heavy atom. The third-order valence-electron chi connectivity index (χ3n) is 6.47. The molecule has 0 saturated carbocycles. The van der Waals surface area contributed by atoms with Gasteiger partial charge in [0.15, 0.2) is 0 Å². The Morgan fingerprint density at radius 2 is 0.677 bits per heavy atom. The first kappa shape index (κ1) is 32.6. The zero-order valence-electron chi connectivity index (χ0n) is 22.6. The molecule has 0 unspecified atom stereocenters. The number of unbranched alkanes of at least 4 members (excludes halogenated alkanes) is 16. The van der Waals surface area contributed by atoms with Crippen molar-refractivity contribution in [2.24, 2.45) is 0 Å². The molecule has 0 aliphatic heterocycles. The molecule has 0 aliphatic carbocycles. The molecule has 0 aromatic heterocycles. The van der Waals surface area contributed by atoms with Gasteiger partial charge in [0, 0.05) is 0 Å². The van der Waals surface area contributed by atoms with Crippen LogP contribution >= 0.6 is 0 Å². The van der Waals surface area contributed by atoms with Gasteiger partial charge >= 0.3 is 221 Å². The molecule has 0 atom stereocenters. The van der Waals surface area contributed by atoms with E-state index in [2.05, 4.69) is 41.5 Å². The van der Waals surface area contributed by atoms with Crippen LogP contribution in [0.1, 0.15) is 170 Å². The third kappa shape index (κ3) is 24.5. The Bertz CT molecular complexity index is 334. The molecule has 0 rings (SSSR count). The number of hydrogen-bond acceptors (Lipinski definition) is 1. The summed E-state index contributed by atoms with van der Waals surface area (Å²) >= 11 is -1.34. The minimum atomic E-state index is -0.671. The zero-order valence-corrected chi connectivity index (χ0v) is 28.3. The first-order chi connectivity index (χ1) is 14.8. The van der Waals surface area contributed by atoms with Gasteiger partial charge in [-0.25, -0.2) is 0 Å². The Balaban J connectivity index is 3.63. The minimum absolute atomic E-state index is 0.541. The summed E-state index contributed by atoms with van der Waals surface area (Å²) in [5.74, 6) is 0. The Hall–Kier alpha value is 1.56. The van der Waals surface area contributed by atoms with Gasteiger partial charge in [0.25, 0.3) is 0 Å². The van der Waals surface area contributed by atoms with E-state index in [0.717, 1.165) is 0 Å². The first-order valence-corrected chi connectivity index (χ1v) is 19.2. The summed E-state index contributed by atoms with van der Waals surface area (Å²) in [5.41, 5.74) is 0. The van der Waals surface area contributed by atoms with E-state index in [1.807, 2.05) is 0 Å². The van der Waals surface area contributed by atoms with Crippen LogP contribution in [0.2, 0.25) is 6.86 Å². The molecule has 0 N–H and O–H groups in total. The fourth-order valence-electron chi connectivity index (χ4n) is 4.16. The van der Waals surface area contributed by atoms with Crippen molar-refractivity contribution in [1.29, 1.82) is 0 Å². The van der Waals surface area contributed by atoms with E-state index in [-0.39, 0.29) is 0 Å². The van der Waals surface area contributed by atoms with Crippen molar-refractivity contribution in [3.8, 4) is 0 Å². The van der Waals surface area contributed by atoms with E-state index < -0.39 is 43.1 Å². The second kappa shape index (κ2) is 22.0. The van der Waals surface area contributed by atoms with Crippen molar-refractivity contribution in [1.82, 2.24) is 0 Å². The fraction of sp³-hybridized carbons (Fsp3) is 1.00. The summed E-state index contributed by atoms with van der Waals surface area (Å²) in [6.45, 7) is 14.6. The van der Waals surface area contributed by atoms with Crippen molar-refractivity contribution in [2.45, 2.75) is 177 Å². The predicted molar refractivity (Wildman–Crippen MR) is 144 cm³/mol. The maximum absolute atomic E-state index is 6.57. The molecule has 0 bridgehead atoms. The Morgan fingerprint density at radius 3 is 0.968 bits per heavy atom. The Labute approximate surface area is 219 Å². The van der Waals surface area contributed by atoms with Crippen LogP contribution in [-0.4, -0.2) is 43.1 Å². The van der Waals surface area contributed by atoms with Crippen LogP contribution in [0.25, 0.3) is 0 Å². The third-order valence-corrected chi connectivity index (χ3v) is 15.5. The maximum atomic E-state index is 6.57. The van der Waals surface area contributed by atoms with E-state index in [1.165, 1.54) is 128 Å². The summed E-state index contributed by atoms with van der Waals surface area (Å²) in [5, 5.41) is 0. The number of rotatable bonds is 24. The fourth-order valence-corrected chi connectivity index (χ4v) is 19.0. The summed E-state index contributed by atoms with van der Waals surface area (Å²) in [6, 6.07) is 0. The van der Waals surface area contributed by atoms with Gasteiger partial charge in [-0.1, -0.05) is 0 Å². The van der Waals surface area contributed by atoms with E-state index in [1.54, 1.807) is 0 Å². The van der Waals surface area contributed by atoms with Gasteiger partial charge in [0.2, 0.25) is 0 Å². The standard InChI is InChI=1S/2C14H29.O.2Sn/c2*1-4-5-6-7-8-9-10-11-12-13-14(2)3;;;/h2*4-13H2,1-3H3;;;. The molecule has 3 heteroatoms. The SMILES string of the molecule is CCCCCCCCCCC[C](C)(C)[Sn][O][Sn][C](C)(C)CCCCCCCCCCC. The normalized spacial score (nSPS) is 12.6. The second-order valence-electron chi connectivity index (χ2n) is 11.2. The number of hydrogen-bond donors (Lipinski definition) is 0. The molecule has 0 amide bonds. The summed E-state index contributed by atoms with van der Waals surface area (Å²) in [6.07, 6.45) is 28.7. The molecule has 0 spiro atoms. The van der Waals surface area contributed by atoms with Gasteiger partial charge in [0.05, 0.1) is 0 Å². The zero-order chi connectivity index (χ0) is 23.3. The van der Waals surface area contributed by atoms with Gasteiger partial charge in [-0.05, 0) is 0 Å². The quantitative estimate of drug-likeness (QED) is 0.0748. The molecule has 0 fully saturated rings. The van der Waals surface area contributed by atoms with E-state index in [0.29, 0.717) is 6.86 Å². The van der Waals surface area contributed by atoms with Crippen LogP contribution in [-0.2, 0) is 1.41 Å². The van der Waals surface area contributed by atoms with Crippen LogP contribution < -0.4 is 0 Å². The molecular formula is C28H58OSn2. The molecular weight excluding hydrogens is 590 g/mol. The summed E-state index contributed by atoms with van der Waals surface area (Å²) in [7, 11) is 0. The molecule has 184 valence electrons. The predicted octanol–water partition coefficient (Wildman–Crippen LogP) is 10.5. The van der Waals surface area contributed by atoms with Crippen LogP contribution in [0, 0.1) is 0 Å². The summed E-state index contributed by atoms with van der Waals surface area (Å²) < 4.78 is 7.65. The average Bonchev–Trinajstić information content (AvgIpc) is 2.71. The van der Waals surface area contributed by atoms with Gasteiger partial charge in [-0.3, -0.25) is 0 Å². The van der Waals surface area contributed by atoms with E-state index in [4.69, 9.17) is 1.41 Å². The van der Waals surface area contributed by atoms with Gasteiger partial charge in [-0.15, -0.1) is 0 Å². The molecule has 31 heavy (non-hydrogen) atoms. The molecule has 1 nitrogen and oxygen atoms in total. The van der Waals surface area contributed by atoms with Gasteiger partial charge < -0.3 is 0 Å². The van der Waals surface area contributed by atoms with Crippen molar-refractivity contribution >= 4 is 43.1 Å². The topological polar surface area (TPSA) is 9.23 Å². The van der Waals surface area contributed by atoms with Crippen LogP contribution in [0.4, 0.5) is 0 Å². The van der Waals surface area contributed by atoms with Crippen molar-refractivity contribution < 1.29 is 1.41 Å². The molecule has 0 saturated heterocycles. The monoisotopic (exact) mass is 650 g/mol. The van der Waals surface area contributed by atoms with Gasteiger partial charge in [0.1, 0.15) is 0 Å². The first-order valence-electron chi connectivity index (χ1n) is 14.0. The molecule has 0 aromatic rings. The van der Waals surface area contributed by atoms with Crippen molar-refractivity contribution in [3.63, 3.8) is 0 Å². The molecule has 0 heterocycles. The summed E-state index contributed by atoms with van der Waals surface area (Å²) in [4.78, 5) is 0. The van der Waals surface area contributed by atoms with E-state index >= 15 is 0 Å².